The van der Waals surface area contributed by atoms with E-state index < -0.39 is 11.7 Å². The fourth-order valence-electron chi connectivity index (χ4n) is 0.915. The van der Waals surface area contributed by atoms with E-state index in [1.165, 1.54) is 12.1 Å². The van der Waals surface area contributed by atoms with E-state index in [0.29, 0.717) is 0 Å². The van der Waals surface area contributed by atoms with E-state index in [2.05, 4.69) is 11.8 Å². The second-order valence-corrected chi connectivity index (χ2v) is 2.54. The molecule has 1 aromatic carbocycles. The normalized spacial score (nSPS) is 10.6. The molecule has 1 aromatic rings. The summed E-state index contributed by atoms with van der Waals surface area (Å²) in [6.45, 7) is -0.365. The van der Waals surface area contributed by atoms with Crippen LogP contribution in [0.5, 0.6) is 0 Å². The van der Waals surface area contributed by atoms with Gasteiger partial charge in [-0.2, -0.15) is 13.2 Å². The molecule has 0 spiro atoms. The van der Waals surface area contributed by atoms with Crippen molar-refractivity contribution in [2.75, 3.05) is 6.61 Å². The predicted molar refractivity (Wildman–Crippen MR) is 45.4 cm³/mol. The van der Waals surface area contributed by atoms with Crippen molar-refractivity contribution < 1.29 is 18.3 Å². The van der Waals surface area contributed by atoms with Crippen molar-refractivity contribution in [1.82, 2.24) is 0 Å². The third-order valence-corrected chi connectivity index (χ3v) is 1.50. The van der Waals surface area contributed by atoms with Crippen LogP contribution in [0.4, 0.5) is 13.2 Å². The van der Waals surface area contributed by atoms with Gasteiger partial charge in [0.05, 0.1) is 5.56 Å². The van der Waals surface area contributed by atoms with E-state index >= 15 is 0 Å². The van der Waals surface area contributed by atoms with Gasteiger partial charge in [0.25, 0.3) is 0 Å². The fraction of sp³-hybridized carbons (Fsp3) is 0.200. The summed E-state index contributed by atoms with van der Waals surface area (Å²) in [6, 6.07) is 4.66. The molecule has 1 N–H and O–H groups in total. The number of rotatable bonds is 0. The highest BCUT2D eigenvalue weighted by molar-refractivity contribution is 5.38. The third kappa shape index (κ3) is 2.79. The molecule has 0 heterocycles. The molecular formula is C10H7F3O. The maximum atomic E-state index is 12.2. The molecule has 0 aliphatic rings. The summed E-state index contributed by atoms with van der Waals surface area (Å²) in [7, 11) is 0. The molecule has 0 saturated carbocycles. The summed E-state index contributed by atoms with van der Waals surface area (Å²) in [5.41, 5.74) is -0.490. The van der Waals surface area contributed by atoms with Gasteiger partial charge in [0.2, 0.25) is 0 Å². The number of aliphatic hydroxyl groups is 1. The molecule has 0 fully saturated rings. The highest BCUT2D eigenvalue weighted by Crippen LogP contribution is 2.29. The molecule has 0 amide bonds. The topological polar surface area (TPSA) is 20.2 Å². The second-order valence-electron chi connectivity index (χ2n) is 2.54. The zero-order valence-corrected chi connectivity index (χ0v) is 7.10. The first-order chi connectivity index (χ1) is 6.54. The molecule has 4 heteroatoms. The largest absolute Gasteiger partial charge is 0.416 e. The zero-order valence-electron chi connectivity index (χ0n) is 7.10. The first-order valence-corrected chi connectivity index (χ1v) is 3.81. The van der Waals surface area contributed by atoms with Gasteiger partial charge in [-0.05, 0) is 18.2 Å². The standard InChI is InChI=1S/C10H7F3O/c11-10(12,13)9-5-1-3-8(7-9)4-2-6-14/h1,3,5,7,14H,6H2. The Morgan fingerprint density at radius 2 is 2.00 bits per heavy atom. The summed E-state index contributed by atoms with van der Waals surface area (Å²) in [5.74, 6) is 4.69. The van der Waals surface area contributed by atoms with Gasteiger partial charge in [-0.1, -0.05) is 17.9 Å². The van der Waals surface area contributed by atoms with Gasteiger partial charge in [0.15, 0.2) is 0 Å². The lowest BCUT2D eigenvalue weighted by atomic mass is 10.1. The molecule has 0 radical (unpaired) electrons. The number of benzene rings is 1. The first kappa shape index (κ1) is 10.6. The number of hydrogen-bond donors (Lipinski definition) is 1. The molecule has 0 unspecified atom stereocenters. The maximum Gasteiger partial charge on any atom is 0.416 e. The Kier molecular flexibility index (Phi) is 3.15. The Morgan fingerprint density at radius 1 is 1.29 bits per heavy atom. The van der Waals surface area contributed by atoms with Gasteiger partial charge in [-0.3, -0.25) is 0 Å². The number of aliphatic hydroxyl groups excluding tert-OH is 1. The maximum absolute atomic E-state index is 12.2. The Hall–Kier alpha value is -1.47. The first-order valence-electron chi connectivity index (χ1n) is 3.81. The van der Waals surface area contributed by atoms with Crippen LogP contribution in [-0.4, -0.2) is 11.7 Å². The molecule has 0 aliphatic heterocycles. The molecule has 1 rings (SSSR count). The van der Waals surface area contributed by atoms with Crippen LogP contribution in [0.3, 0.4) is 0 Å². The van der Waals surface area contributed by atoms with Crippen LogP contribution in [0, 0.1) is 11.8 Å². The number of halogens is 3. The number of alkyl halides is 3. The quantitative estimate of drug-likeness (QED) is 0.635. The monoisotopic (exact) mass is 200 g/mol. The van der Waals surface area contributed by atoms with E-state index in [9.17, 15) is 13.2 Å². The van der Waals surface area contributed by atoms with E-state index in [1.54, 1.807) is 0 Å². The summed E-state index contributed by atoms with van der Waals surface area (Å²) in [5, 5.41) is 8.36. The zero-order chi connectivity index (χ0) is 10.6. The van der Waals surface area contributed by atoms with Crippen molar-refractivity contribution in [3.05, 3.63) is 35.4 Å². The van der Waals surface area contributed by atoms with Crippen molar-refractivity contribution in [3.8, 4) is 11.8 Å². The fourth-order valence-corrected chi connectivity index (χ4v) is 0.915. The van der Waals surface area contributed by atoms with Crippen molar-refractivity contribution in [2.24, 2.45) is 0 Å². The van der Waals surface area contributed by atoms with E-state index in [0.717, 1.165) is 12.1 Å². The predicted octanol–water partition coefficient (Wildman–Crippen LogP) is 2.05. The van der Waals surface area contributed by atoms with Crippen LogP contribution in [0.15, 0.2) is 24.3 Å². The average Bonchev–Trinajstić information content (AvgIpc) is 2.14. The van der Waals surface area contributed by atoms with Gasteiger partial charge in [-0.25, -0.2) is 0 Å². The minimum Gasteiger partial charge on any atom is -0.384 e. The molecular weight excluding hydrogens is 193 g/mol. The van der Waals surface area contributed by atoms with Crippen LogP contribution < -0.4 is 0 Å². The van der Waals surface area contributed by atoms with Gasteiger partial charge >= 0.3 is 6.18 Å². The third-order valence-electron chi connectivity index (χ3n) is 1.50. The SMILES string of the molecule is OCC#Cc1cccc(C(F)(F)F)c1. The molecule has 0 bridgehead atoms. The van der Waals surface area contributed by atoms with E-state index in [-0.39, 0.29) is 12.2 Å². The van der Waals surface area contributed by atoms with Crippen LogP contribution in [-0.2, 0) is 6.18 Å². The average molecular weight is 200 g/mol. The molecule has 0 aromatic heterocycles. The van der Waals surface area contributed by atoms with Gasteiger partial charge in [0.1, 0.15) is 6.61 Å². The highest BCUT2D eigenvalue weighted by atomic mass is 19.4. The van der Waals surface area contributed by atoms with Crippen LogP contribution in [0.25, 0.3) is 0 Å². The lowest BCUT2D eigenvalue weighted by molar-refractivity contribution is -0.137. The Balaban J connectivity index is 3.02. The van der Waals surface area contributed by atoms with Crippen molar-refractivity contribution in [2.45, 2.75) is 6.18 Å². The van der Waals surface area contributed by atoms with Crippen molar-refractivity contribution >= 4 is 0 Å². The number of hydrogen-bond acceptors (Lipinski definition) is 1. The molecule has 0 aliphatic carbocycles. The smallest absolute Gasteiger partial charge is 0.384 e. The van der Waals surface area contributed by atoms with E-state index in [1.807, 2.05) is 0 Å². The van der Waals surface area contributed by atoms with Crippen LogP contribution in [0.2, 0.25) is 0 Å². The van der Waals surface area contributed by atoms with Crippen molar-refractivity contribution in [3.63, 3.8) is 0 Å². The summed E-state index contributed by atoms with van der Waals surface area (Å²) in [4.78, 5) is 0. The van der Waals surface area contributed by atoms with Gasteiger partial charge in [0, 0.05) is 5.56 Å². The molecule has 14 heavy (non-hydrogen) atoms. The lowest BCUT2D eigenvalue weighted by Gasteiger charge is -2.05. The summed E-state index contributed by atoms with van der Waals surface area (Å²) in [6.07, 6.45) is -4.35. The van der Waals surface area contributed by atoms with Gasteiger partial charge in [-0.15, -0.1) is 0 Å². The highest BCUT2D eigenvalue weighted by Gasteiger charge is 2.30. The Morgan fingerprint density at radius 3 is 2.57 bits per heavy atom. The molecule has 74 valence electrons. The molecule has 1 nitrogen and oxygen atoms in total. The van der Waals surface area contributed by atoms with Crippen molar-refractivity contribution in [1.29, 1.82) is 0 Å². The Bertz CT molecular complexity index is 371. The van der Waals surface area contributed by atoms with Crippen LogP contribution >= 0.6 is 0 Å². The second kappa shape index (κ2) is 4.16. The minimum absolute atomic E-state index is 0.244. The van der Waals surface area contributed by atoms with E-state index in [4.69, 9.17) is 5.11 Å². The van der Waals surface area contributed by atoms with Crippen LogP contribution in [0.1, 0.15) is 11.1 Å². The minimum atomic E-state index is -4.35. The summed E-state index contributed by atoms with van der Waals surface area (Å²) >= 11 is 0. The Labute approximate surface area is 79.2 Å². The lowest BCUT2D eigenvalue weighted by Crippen LogP contribution is -2.04. The molecule has 0 atom stereocenters. The molecule has 0 saturated heterocycles. The summed E-state index contributed by atoms with van der Waals surface area (Å²) < 4.78 is 36.6. The van der Waals surface area contributed by atoms with Gasteiger partial charge < -0.3 is 5.11 Å².